The van der Waals surface area contributed by atoms with Crippen LogP contribution in [0.15, 0.2) is 53.3 Å². The molecule has 0 spiro atoms. The second kappa shape index (κ2) is 8.12. The summed E-state index contributed by atoms with van der Waals surface area (Å²) in [6.07, 6.45) is 3.06. The van der Waals surface area contributed by atoms with E-state index in [1.54, 1.807) is 0 Å². The molecule has 168 valence electrons. The van der Waals surface area contributed by atoms with E-state index in [1.165, 1.54) is 5.56 Å². The summed E-state index contributed by atoms with van der Waals surface area (Å²) in [5.74, 6) is 0.666. The maximum Gasteiger partial charge on any atom is 0.254 e. The van der Waals surface area contributed by atoms with E-state index in [0.29, 0.717) is 17.9 Å². The normalized spacial score (nSPS) is 18.7. The van der Waals surface area contributed by atoms with Crippen molar-refractivity contribution in [2.24, 2.45) is 0 Å². The SMILES string of the molecule is Cc1cccc2cc([C@H](c3nnnn3C[C@H]3CCCO3)N3CCc4ccccc43)c(=O)[nH]c12. The van der Waals surface area contributed by atoms with Gasteiger partial charge >= 0.3 is 0 Å². The molecule has 33 heavy (non-hydrogen) atoms. The molecule has 8 heteroatoms. The number of rotatable bonds is 5. The average Bonchev–Trinajstić information content (AvgIpc) is 3.58. The Balaban J connectivity index is 1.52. The van der Waals surface area contributed by atoms with Gasteiger partial charge in [-0.1, -0.05) is 36.4 Å². The van der Waals surface area contributed by atoms with E-state index in [9.17, 15) is 4.79 Å². The van der Waals surface area contributed by atoms with Crippen molar-refractivity contribution in [1.29, 1.82) is 0 Å². The molecule has 4 aromatic rings. The highest BCUT2D eigenvalue weighted by atomic mass is 16.5. The lowest BCUT2D eigenvalue weighted by molar-refractivity contribution is 0.0924. The number of hydrogen-bond donors (Lipinski definition) is 1. The minimum Gasteiger partial charge on any atom is -0.376 e. The lowest BCUT2D eigenvalue weighted by Crippen LogP contribution is -2.35. The van der Waals surface area contributed by atoms with Gasteiger partial charge in [0.15, 0.2) is 5.82 Å². The number of nitrogens with zero attached hydrogens (tertiary/aromatic N) is 5. The number of benzene rings is 2. The summed E-state index contributed by atoms with van der Waals surface area (Å²) in [5.41, 5.74) is 4.84. The molecule has 2 aromatic carbocycles. The number of pyridine rings is 1. The van der Waals surface area contributed by atoms with Gasteiger partial charge in [0.2, 0.25) is 0 Å². The van der Waals surface area contributed by atoms with Gasteiger partial charge in [0.1, 0.15) is 6.04 Å². The van der Waals surface area contributed by atoms with Crippen molar-refractivity contribution in [3.8, 4) is 0 Å². The number of nitrogens with one attached hydrogen (secondary N) is 1. The highest BCUT2D eigenvalue weighted by Gasteiger charge is 2.35. The fourth-order valence-corrected chi connectivity index (χ4v) is 5.20. The van der Waals surface area contributed by atoms with E-state index in [2.05, 4.69) is 43.6 Å². The predicted molar refractivity (Wildman–Crippen MR) is 125 cm³/mol. The molecule has 4 heterocycles. The smallest absolute Gasteiger partial charge is 0.254 e. The summed E-state index contributed by atoms with van der Waals surface area (Å²) in [6.45, 7) is 4.16. The number of fused-ring (bicyclic) bond motifs is 2. The molecule has 2 aliphatic rings. The summed E-state index contributed by atoms with van der Waals surface area (Å²) in [5, 5.41) is 13.8. The minimum absolute atomic E-state index is 0.0938. The van der Waals surface area contributed by atoms with E-state index in [4.69, 9.17) is 4.74 Å². The van der Waals surface area contributed by atoms with E-state index >= 15 is 0 Å². The fraction of sp³-hybridized carbons (Fsp3) is 0.360. The van der Waals surface area contributed by atoms with Crippen LogP contribution in [0.5, 0.6) is 0 Å². The molecule has 0 saturated carbocycles. The van der Waals surface area contributed by atoms with Crippen LogP contribution in [-0.4, -0.2) is 44.4 Å². The topological polar surface area (TPSA) is 88.9 Å². The van der Waals surface area contributed by atoms with Crippen LogP contribution in [0.25, 0.3) is 10.9 Å². The Morgan fingerprint density at radius 1 is 1.21 bits per heavy atom. The van der Waals surface area contributed by atoms with E-state index in [1.807, 2.05) is 41.9 Å². The second-order valence-corrected chi connectivity index (χ2v) is 8.92. The first-order chi connectivity index (χ1) is 16.2. The highest BCUT2D eigenvalue weighted by Crippen LogP contribution is 2.37. The number of para-hydroxylation sites is 2. The number of aromatic nitrogens is 5. The Morgan fingerprint density at radius 3 is 3.00 bits per heavy atom. The Labute approximate surface area is 191 Å². The fourth-order valence-electron chi connectivity index (χ4n) is 5.20. The number of ether oxygens (including phenoxy) is 1. The maximum absolute atomic E-state index is 13.5. The van der Waals surface area contributed by atoms with Crippen molar-refractivity contribution in [2.45, 2.75) is 44.9 Å². The Morgan fingerprint density at radius 2 is 2.12 bits per heavy atom. The number of hydrogen-bond acceptors (Lipinski definition) is 6. The first-order valence-electron chi connectivity index (χ1n) is 11.5. The molecular formula is C25H26N6O2. The zero-order valence-corrected chi connectivity index (χ0v) is 18.6. The van der Waals surface area contributed by atoms with Crippen LogP contribution in [0.2, 0.25) is 0 Å². The maximum atomic E-state index is 13.5. The molecule has 2 atom stereocenters. The Hall–Kier alpha value is -3.52. The minimum atomic E-state index is -0.404. The van der Waals surface area contributed by atoms with Crippen molar-refractivity contribution in [2.75, 3.05) is 18.1 Å². The average molecular weight is 443 g/mol. The zero-order chi connectivity index (χ0) is 22.4. The van der Waals surface area contributed by atoms with Gasteiger partial charge in [-0.15, -0.1) is 5.10 Å². The number of aromatic amines is 1. The molecule has 2 aromatic heterocycles. The quantitative estimate of drug-likeness (QED) is 0.511. The van der Waals surface area contributed by atoms with E-state index in [0.717, 1.165) is 54.6 Å². The van der Waals surface area contributed by atoms with Crippen LogP contribution in [0, 0.1) is 6.92 Å². The number of anilines is 1. The third-order valence-corrected chi connectivity index (χ3v) is 6.85. The van der Waals surface area contributed by atoms with Crippen molar-refractivity contribution in [3.05, 3.63) is 81.4 Å². The molecule has 6 rings (SSSR count). The van der Waals surface area contributed by atoms with Crippen molar-refractivity contribution in [1.82, 2.24) is 25.2 Å². The van der Waals surface area contributed by atoms with Gasteiger partial charge < -0.3 is 14.6 Å². The molecule has 1 saturated heterocycles. The van der Waals surface area contributed by atoms with Crippen molar-refractivity contribution < 1.29 is 4.74 Å². The van der Waals surface area contributed by atoms with Gasteiger partial charge in [-0.25, -0.2) is 4.68 Å². The predicted octanol–water partition coefficient (Wildman–Crippen LogP) is 3.15. The van der Waals surface area contributed by atoms with Gasteiger partial charge in [-0.05, 0) is 65.3 Å². The van der Waals surface area contributed by atoms with Crippen LogP contribution in [-0.2, 0) is 17.7 Å². The van der Waals surface area contributed by atoms with Crippen LogP contribution < -0.4 is 10.5 Å². The largest absolute Gasteiger partial charge is 0.376 e. The summed E-state index contributed by atoms with van der Waals surface area (Å²) < 4.78 is 7.67. The molecule has 8 nitrogen and oxygen atoms in total. The molecule has 0 aliphatic carbocycles. The van der Waals surface area contributed by atoms with Gasteiger partial charge in [-0.3, -0.25) is 4.79 Å². The number of H-pyrrole nitrogens is 1. The first-order valence-corrected chi connectivity index (χ1v) is 11.5. The number of aryl methyl sites for hydroxylation is 1. The van der Waals surface area contributed by atoms with Gasteiger partial charge in [0, 0.05) is 24.4 Å². The molecule has 0 radical (unpaired) electrons. The lowest BCUT2D eigenvalue weighted by atomic mass is 10.0. The van der Waals surface area contributed by atoms with Gasteiger partial charge in [-0.2, -0.15) is 0 Å². The third kappa shape index (κ3) is 3.51. The summed E-state index contributed by atoms with van der Waals surface area (Å²) in [6, 6.07) is 16.0. The standard InChI is InChI=1S/C25H26N6O2/c1-16-6-4-8-18-14-20(25(32)26-22(16)18)23(30-12-11-17-7-2-3-10-21(17)30)24-27-28-29-31(24)15-19-9-5-13-33-19/h2-4,6-8,10,14,19,23H,5,9,11-13,15H2,1H3,(H,26,32)/t19-,23-/m1/s1. The monoisotopic (exact) mass is 442 g/mol. The van der Waals surface area contributed by atoms with Crippen molar-refractivity contribution in [3.63, 3.8) is 0 Å². The summed E-state index contributed by atoms with van der Waals surface area (Å²) >= 11 is 0. The van der Waals surface area contributed by atoms with E-state index < -0.39 is 6.04 Å². The zero-order valence-electron chi connectivity index (χ0n) is 18.6. The second-order valence-electron chi connectivity index (χ2n) is 8.92. The first kappa shape index (κ1) is 20.1. The summed E-state index contributed by atoms with van der Waals surface area (Å²) in [7, 11) is 0. The molecular weight excluding hydrogens is 416 g/mol. The Kier molecular flexibility index (Phi) is 4.95. The number of tetrazole rings is 1. The molecule has 1 fully saturated rings. The van der Waals surface area contributed by atoms with Crippen LogP contribution in [0.4, 0.5) is 5.69 Å². The molecule has 2 aliphatic heterocycles. The molecule has 0 amide bonds. The third-order valence-electron chi connectivity index (χ3n) is 6.85. The van der Waals surface area contributed by atoms with Crippen LogP contribution in [0.3, 0.4) is 0 Å². The highest BCUT2D eigenvalue weighted by molar-refractivity contribution is 5.82. The molecule has 0 bridgehead atoms. The van der Waals surface area contributed by atoms with Crippen LogP contribution in [0.1, 0.15) is 41.4 Å². The summed E-state index contributed by atoms with van der Waals surface area (Å²) in [4.78, 5) is 18.8. The molecule has 0 unspecified atom stereocenters. The van der Waals surface area contributed by atoms with Crippen molar-refractivity contribution >= 4 is 16.6 Å². The van der Waals surface area contributed by atoms with Gasteiger partial charge in [0.25, 0.3) is 5.56 Å². The lowest BCUT2D eigenvalue weighted by Gasteiger charge is -2.29. The van der Waals surface area contributed by atoms with Crippen LogP contribution >= 0.6 is 0 Å². The Bertz CT molecular complexity index is 1370. The molecule has 1 N–H and O–H groups in total. The van der Waals surface area contributed by atoms with Gasteiger partial charge in [0.05, 0.1) is 18.2 Å². The van der Waals surface area contributed by atoms with E-state index in [-0.39, 0.29) is 11.7 Å².